The van der Waals surface area contributed by atoms with Crippen molar-refractivity contribution in [1.29, 1.82) is 0 Å². The average Bonchev–Trinajstić information content (AvgIpc) is 2.32. The van der Waals surface area contributed by atoms with Crippen LogP contribution in [0.15, 0.2) is 18.2 Å². The Hall–Kier alpha value is -1.62. The Morgan fingerprint density at radius 2 is 2.11 bits per heavy atom. The highest BCUT2D eigenvalue weighted by Crippen LogP contribution is 2.28. The molecular formula is C13H19N3O2. The van der Waals surface area contributed by atoms with Gasteiger partial charge in [0.05, 0.1) is 4.92 Å². The maximum atomic E-state index is 11.0. The zero-order valence-corrected chi connectivity index (χ0v) is 10.6. The average molecular weight is 249 g/mol. The number of nitro groups is 1. The van der Waals surface area contributed by atoms with E-state index in [1.807, 2.05) is 13.0 Å². The van der Waals surface area contributed by atoms with Gasteiger partial charge >= 0.3 is 0 Å². The molecule has 1 aliphatic rings. The first-order valence-electron chi connectivity index (χ1n) is 6.35. The van der Waals surface area contributed by atoms with Crippen molar-refractivity contribution in [2.24, 2.45) is 5.73 Å². The standard InChI is InChI=1S/C13H19N3O2/c1-9-6-7-13(16(17)18)12(8-9)15-11-5-3-2-4-10(11)14/h6-8,10-11,15H,2-5,14H2,1H3. The van der Waals surface area contributed by atoms with Crippen LogP contribution in [-0.2, 0) is 0 Å². The number of nitrogens with one attached hydrogen (secondary N) is 1. The summed E-state index contributed by atoms with van der Waals surface area (Å²) in [5.74, 6) is 0. The van der Waals surface area contributed by atoms with Crippen LogP contribution in [0.2, 0.25) is 0 Å². The quantitative estimate of drug-likeness (QED) is 0.637. The smallest absolute Gasteiger partial charge is 0.292 e. The Bertz CT molecular complexity index is 448. The second-order valence-corrected chi connectivity index (χ2v) is 4.98. The van der Waals surface area contributed by atoms with Gasteiger partial charge in [-0.05, 0) is 31.4 Å². The molecule has 0 radical (unpaired) electrons. The molecule has 2 atom stereocenters. The summed E-state index contributed by atoms with van der Waals surface area (Å²) in [6.07, 6.45) is 4.24. The van der Waals surface area contributed by atoms with E-state index in [4.69, 9.17) is 5.73 Å². The Morgan fingerprint density at radius 3 is 2.78 bits per heavy atom. The maximum absolute atomic E-state index is 11.0. The van der Waals surface area contributed by atoms with Crippen LogP contribution in [-0.4, -0.2) is 17.0 Å². The van der Waals surface area contributed by atoms with Gasteiger partial charge in [-0.2, -0.15) is 0 Å². The van der Waals surface area contributed by atoms with Gasteiger partial charge in [-0.25, -0.2) is 0 Å². The summed E-state index contributed by atoms with van der Waals surface area (Å²) < 4.78 is 0. The normalized spacial score (nSPS) is 23.7. The highest BCUT2D eigenvalue weighted by Gasteiger charge is 2.24. The van der Waals surface area contributed by atoms with Crippen molar-refractivity contribution in [2.75, 3.05) is 5.32 Å². The van der Waals surface area contributed by atoms with E-state index in [1.165, 1.54) is 0 Å². The largest absolute Gasteiger partial charge is 0.375 e. The number of anilines is 1. The Kier molecular flexibility index (Phi) is 3.81. The van der Waals surface area contributed by atoms with E-state index >= 15 is 0 Å². The van der Waals surface area contributed by atoms with Crippen molar-refractivity contribution < 1.29 is 4.92 Å². The van der Waals surface area contributed by atoms with Gasteiger partial charge in [0.25, 0.3) is 5.69 Å². The fourth-order valence-corrected chi connectivity index (χ4v) is 2.46. The van der Waals surface area contributed by atoms with E-state index in [1.54, 1.807) is 12.1 Å². The molecule has 1 fully saturated rings. The molecule has 5 nitrogen and oxygen atoms in total. The molecule has 2 unspecified atom stereocenters. The molecule has 5 heteroatoms. The predicted molar refractivity (Wildman–Crippen MR) is 71.7 cm³/mol. The van der Waals surface area contributed by atoms with Crippen LogP contribution in [0.25, 0.3) is 0 Å². The molecule has 0 bridgehead atoms. The molecule has 0 heterocycles. The van der Waals surface area contributed by atoms with Crippen LogP contribution in [0.3, 0.4) is 0 Å². The van der Waals surface area contributed by atoms with E-state index in [2.05, 4.69) is 5.32 Å². The molecule has 0 spiro atoms. The van der Waals surface area contributed by atoms with Crippen LogP contribution in [0, 0.1) is 17.0 Å². The van der Waals surface area contributed by atoms with E-state index in [0.29, 0.717) is 5.69 Å². The lowest BCUT2D eigenvalue weighted by Gasteiger charge is -2.30. The summed E-state index contributed by atoms with van der Waals surface area (Å²) in [5, 5.41) is 14.2. The van der Waals surface area contributed by atoms with Crippen LogP contribution in [0.4, 0.5) is 11.4 Å². The summed E-state index contributed by atoms with van der Waals surface area (Å²) in [5.41, 5.74) is 7.77. The molecule has 2 rings (SSSR count). The fraction of sp³-hybridized carbons (Fsp3) is 0.538. The van der Waals surface area contributed by atoms with Gasteiger partial charge in [-0.3, -0.25) is 10.1 Å². The van der Waals surface area contributed by atoms with Crippen molar-refractivity contribution in [3.63, 3.8) is 0 Å². The van der Waals surface area contributed by atoms with Crippen molar-refractivity contribution in [2.45, 2.75) is 44.7 Å². The lowest BCUT2D eigenvalue weighted by atomic mass is 9.91. The highest BCUT2D eigenvalue weighted by molar-refractivity contribution is 5.63. The second kappa shape index (κ2) is 5.35. The molecule has 1 saturated carbocycles. The monoisotopic (exact) mass is 249 g/mol. The number of benzene rings is 1. The summed E-state index contributed by atoms with van der Waals surface area (Å²) in [7, 11) is 0. The van der Waals surface area contributed by atoms with Gasteiger partial charge < -0.3 is 11.1 Å². The van der Waals surface area contributed by atoms with E-state index in [9.17, 15) is 10.1 Å². The van der Waals surface area contributed by atoms with E-state index in [-0.39, 0.29) is 22.7 Å². The Labute approximate surface area is 107 Å². The van der Waals surface area contributed by atoms with Crippen molar-refractivity contribution in [3.05, 3.63) is 33.9 Å². The SMILES string of the molecule is Cc1ccc([N+](=O)[O-])c(NC2CCCCC2N)c1. The number of aryl methyl sites for hydroxylation is 1. The minimum atomic E-state index is -0.351. The number of nitrogens with two attached hydrogens (primary N) is 1. The molecule has 0 amide bonds. The zero-order chi connectivity index (χ0) is 13.1. The number of nitrogens with zero attached hydrogens (tertiary/aromatic N) is 1. The number of hydrogen-bond acceptors (Lipinski definition) is 4. The lowest BCUT2D eigenvalue weighted by Crippen LogP contribution is -2.42. The minimum absolute atomic E-state index is 0.0823. The molecular weight excluding hydrogens is 230 g/mol. The van der Waals surface area contributed by atoms with Crippen molar-refractivity contribution >= 4 is 11.4 Å². The molecule has 1 aliphatic carbocycles. The Morgan fingerprint density at radius 1 is 1.39 bits per heavy atom. The van der Waals surface area contributed by atoms with Gasteiger partial charge in [-0.15, -0.1) is 0 Å². The van der Waals surface area contributed by atoms with Crippen LogP contribution in [0.1, 0.15) is 31.2 Å². The highest BCUT2D eigenvalue weighted by atomic mass is 16.6. The third-order valence-electron chi connectivity index (χ3n) is 3.51. The second-order valence-electron chi connectivity index (χ2n) is 4.98. The van der Waals surface area contributed by atoms with Gasteiger partial charge in [0.1, 0.15) is 5.69 Å². The molecule has 1 aromatic rings. The minimum Gasteiger partial charge on any atom is -0.375 e. The lowest BCUT2D eigenvalue weighted by molar-refractivity contribution is -0.384. The molecule has 98 valence electrons. The van der Waals surface area contributed by atoms with Gasteiger partial charge in [-0.1, -0.05) is 18.9 Å². The maximum Gasteiger partial charge on any atom is 0.292 e. The summed E-state index contributed by atoms with van der Waals surface area (Å²) in [6, 6.07) is 5.34. The molecule has 3 N–H and O–H groups in total. The molecule has 0 aliphatic heterocycles. The van der Waals surface area contributed by atoms with Gasteiger partial charge in [0.2, 0.25) is 0 Å². The van der Waals surface area contributed by atoms with Crippen LogP contribution in [0.5, 0.6) is 0 Å². The third kappa shape index (κ3) is 2.79. The third-order valence-corrected chi connectivity index (χ3v) is 3.51. The molecule has 1 aromatic carbocycles. The van der Waals surface area contributed by atoms with Gasteiger partial charge in [0, 0.05) is 18.2 Å². The number of hydrogen-bond donors (Lipinski definition) is 2. The van der Waals surface area contributed by atoms with Gasteiger partial charge in [0.15, 0.2) is 0 Å². The number of nitro benzene ring substituents is 1. The summed E-state index contributed by atoms with van der Waals surface area (Å²) in [4.78, 5) is 10.6. The number of rotatable bonds is 3. The van der Waals surface area contributed by atoms with Crippen LogP contribution >= 0.6 is 0 Å². The van der Waals surface area contributed by atoms with Crippen molar-refractivity contribution in [1.82, 2.24) is 0 Å². The first kappa shape index (κ1) is 12.8. The molecule has 0 aromatic heterocycles. The van der Waals surface area contributed by atoms with Crippen molar-refractivity contribution in [3.8, 4) is 0 Å². The van der Waals surface area contributed by atoms with E-state index < -0.39 is 0 Å². The van der Waals surface area contributed by atoms with Crippen LogP contribution < -0.4 is 11.1 Å². The predicted octanol–water partition coefficient (Wildman–Crippen LogP) is 2.59. The first-order chi connectivity index (χ1) is 8.58. The van der Waals surface area contributed by atoms with E-state index in [0.717, 1.165) is 31.2 Å². The topological polar surface area (TPSA) is 81.2 Å². The Balaban J connectivity index is 2.21. The summed E-state index contributed by atoms with van der Waals surface area (Å²) >= 11 is 0. The molecule has 0 saturated heterocycles. The zero-order valence-electron chi connectivity index (χ0n) is 10.6. The fourth-order valence-electron chi connectivity index (χ4n) is 2.46. The first-order valence-corrected chi connectivity index (χ1v) is 6.35. The molecule has 18 heavy (non-hydrogen) atoms. The summed E-state index contributed by atoms with van der Waals surface area (Å²) in [6.45, 7) is 1.93.